The fourth-order valence-electron chi connectivity index (χ4n) is 5.56. The van der Waals surface area contributed by atoms with Crippen LogP contribution in [-0.2, 0) is 29.1 Å². The van der Waals surface area contributed by atoms with Gasteiger partial charge in [0.2, 0.25) is 11.8 Å². The molecule has 5 rings (SSSR count). The van der Waals surface area contributed by atoms with Gasteiger partial charge in [0.1, 0.15) is 16.7 Å². The Morgan fingerprint density at radius 1 is 1.02 bits per heavy atom. The number of amides is 2. The molecule has 1 N–H and O–H groups in total. The summed E-state index contributed by atoms with van der Waals surface area (Å²) in [6.07, 6.45) is 6.63. The molecule has 0 aliphatic carbocycles. The first-order valence-corrected chi connectivity index (χ1v) is 14.7. The zero-order valence-electron chi connectivity index (χ0n) is 26.3. The third kappa shape index (κ3) is 7.35. The van der Waals surface area contributed by atoms with Crippen LogP contribution in [0.1, 0.15) is 44.0 Å². The SMILES string of the molecule is CCN1C(=O)C(C)(C)C(=O)N(C)c2cc(OCCCNCc3ccnc(CCn4cc(C)c5occc5c4=O)c3)ccc21.Cl.Cl. The normalized spacial score (nSPS) is 14.1. The average Bonchev–Trinajstić information content (AvgIpc) is 3.50. The van der Waals surface area contributed by atoms with E-state index in [0.29, 0.717) is 60.8 Å². The van der Waals surface area contributed by atoms with Crippen LogP contribution >= 0.6 is 24.8 Å². The van der Waals surface area contributed by atoms with Gasteiger partial charge in [0.15, 0.2) is 0 Å². The second-order valence-corrected chi connectivity index (χ2v) is 11.4. The number of carbonyl (C=O) groups is 2. The standard InChI is InChI=1S/C33H39N5O5.2ClH/c1-6-38-27-9-8-25(19-28(27)36(5)31(40)33(3,4)32(38)41)42-16-7-13-34-20-23-10-14-35-24(18-23)11-15-37-21-22(2)29-26(30(37)39)12-17-43-29;;/h8-10,12,14,17-19,21,34H,6-7,11,13,15-16,20H2,1-5H3;2*1H. The van der Waals surface area contributed by atoms with Crippen LogP contribution < -0.4 is 25.4 Å². The maximum atomic E-state index is 13.1. The Kier molecular flexibility index (Phi) is 11.8. The molecule has 12 heteroatoms. The number of halogens is 2. The van der Waals surface area contributed by atoms with Crippen LogP contribution in [0.2, 0.25) is 0 Å². The van der Waals surface area contributed by atoms with Crippen molar-refractivity contribution in [2.45, 2.75) is 53.6 Å². The van der Waals surface area contributed by atoms with Crippen LogP contribution in [0.15, 0.2) is 64.3 Å². The van der Waals surface area contributed by atoms with E-state index >= 15 is 0 Å². The van der Waals surface area contributed by atoms with Crippen LogP contribution in [0.5, 0.6) is 5.75 Å². The van der Waals surface area contributed by atoms with Crippen LogP contribution in [0.3, 0.4) is 0 Å². The van der Waals surface area contributed by atoms with E-state index in [4.69, 9.17) is 9.15 Å². The number of aryl methyl sites for hydroxylation is 3. The van der Waals surface area contributed by atoms with E-state index in [9.17, 15) is 14.4 Å². The first-order chi connectivity index (χ1) is 20.6. The van der Waals surface area contributed by atoms with Crippen LogP contribution in [0.25, 0.3) is 11.0 Å². The number of anilines is 2. The summed E-state index contributed by atoms with van der Waals surface area (Å²) in [4.78, 5) is 46.6. The Bertz CT molecular complexity index is 1720. The molecule has 2 amide bonds. The minimum absolute atomic E-state index is 0. The summed E-state index contributed by atoms with van der Waals surface area (Å²) in [6.45, 7) is 10.2. The van der Waals surface area contributed by atoms with Crippen molar-refractivity contribution in [1.29, 1.82) is 0 Å². The molecule has 3 aromatic heterocycles. The third-order valence-corrected chi connectivity index (χ3v) is 7.98. The summed E-state index contributed by atoms with van der Waals surface area (Å²) in [7, 11) is 1.70. The first kappa shape index (κ1) is 35.6. The van der Waals surface area contributed by atoms with Crippen molar-refractivity contribution >= 4 is 59.0 Å². The van der Waals surface area contributed by atoms with E-state index in [-0.39, 0.29) is 42.2 Å². The number of carbonyl (C=O) groups excluding carboxylic acids is 2. The van der Waals surface area contributed by atoms with E-state index < -0.39 is 5.41 Å². The lowest BCUT2D eigenvalue weighted by molar-refractivity contribution is -0.137. The zero-order valence-corrected chi connectivity index (χ0v) is 27.9. The van der Waals surface area contributed by atoms with E-state index in [0.717, 1.165) is 29.8 Å². The number of ether oxygens (including phenoxy) is 1. The molecule has 0 bridgehead atoms. The molecule has 1 aliphatic heterocycles. The van der Waals surface area contributed by atoms with Gasteiger partial charge < -0.3 is 28.8 Å². The van der Waals surface area contributed by atoms with Gasteiger partial charge >= 0.3 is 0 Å². The quantitative estimate of drug-likeness (QED) is 0.172. The number of hydrogen-bond acceptors (Lipinski definition) is 7. The minimum Gasteiger partial charge on any atom is -0.493 e. The highest BCUT2D eigenvalue weighted by Crippen LogP contribution is 2.40. The lowest BCUT2D eigenvalue weighted by Crippen LogP contribution is -2.47. The van der Waals surface area contributed by atoms with Crippen molar-refractivity contribution in [1.82, 2.24) is 14.9 Å². The Hall–Kier alpha value is -3.86. The molecular weight excluding hydrogens is 617 g/mol. The van der Waals surface area contributed by atoms with Gasteiger partial charge in [-0.1, -0.05) is 0 Å². The van der Waals surface area contributed by atoms with Gasteiger partial charge in [0, 0.05) is 62.8 Å². The van der Waals surface area contributed by atoms with E-state index in [1.54, 1.807) is 53.8 Å². The molecular formula is C33H41Cl2N5O5. The zero-order chi connectivity index (χ0) is 30.7. The predicted molar refractivity (Wildman–Crippen MR) is 181 cm³/mol. The van der Waals surface area contributed by atoms with Gasteiger partial charge in [-0.15, -0.1) is 24.8 Å². The summed E-state index contributed by atoms with van der Waals surface area (Å²) < 4.78 is 13.2. The molecule has 0 atom stereocenters. The van der Waals surface area contributed by atoms with Crippen molar-refractivity contribution in [2.75, 3.05) is 36.5 Å². The summed E-state index contributed by atoms with van der Waals surface area (Å²) in [5, 5.41) is 4.05. The second-order valence-electron chi connectivity index (χ2n) is 11.4. The molecule has 0 saturated heterocycles. The maximum absolute atomic E-state index is 13.1. The maximum Gasteiger partial charge on any atom is 0.261 e. The third-order valence-electron chi connectivity index (χ3n) is 7.98. The van der Waals surface area contributed by atoms with E-state index in [1.165, 1.54) is 0 Å². The summed E-state index contributed by atoms with van der Waals surface area (Å²) in [5.74, 6) is 0.209. The largest absolute Gasteiger partial charge is 0.493 e. The van der Waals surface area contributed by atoms with E-state index in [1.807, 2.05) is 44.3 Å². The molecule has 45 heavy (non-hydrogen) atoms. The molecule has 242 valence electrons. The summed E-state index contributed by atoms with van der Waals surface area (Å²) in [5.41, 5.74) is 3.81. The number of fused-ring (bicyclic) bond motifs is 2. The number of hydrogen-bond donors (Lipinski definition) is 1. The van der Waals surface area contributed by atoms with Crippen LogP contribution in [-0.4, -0.2) is 48.1 Å². The number of benzene rings is 1. The smallest absolute Gasteiger partial charge is 0.261 e. The molecule has 4 heterocycles. The Morgan fingerprint density at radius 2 is 1.80 bits per heavy atom. The van der Waals surface area contributed by atoms with Gasteiger partial charge in [-0.25, -0.2) is 0 Å². The molecule has 1 aromatic carbocycles. The monoisotopic (exact) mass is 657 g/mol. The fourth-order valence-corrected chi connectivity index (χ4v) is 5.56. The topological polar surface area (TPSA) is 110 Å². The van der Waals surface area contributed by atoms with Gasteiger partial charge in [-0.2, -0.15) is 0 Å². The van der Waals surface area contributed by atoms with Crippen molar-refractivity contribution in [3.63, 3.8) is 0 Å². The Morgan fingerprint density at radius 3 is 2.56 bits per heavy atom. The Balaban J connectivity index is 0.00000276. The highest BCUT2D eigenvalue weighted by Gasteiger charge is 2.45. The lowest BCUT2D eigenvalue weighted by atomic mass is 9.90. The molecule has 0 radical (unpaired) electrons. The summed E-state index contributed by atoms with van der Waals surface area (Å²) in [6, 6.07) is 11.3. The van der Waals surface area contributed by atoms with Gasteiger partial charge in [-0.05, 0) is 76.6 Å². The molecule has 0 spiro atoms. The second kappa shape index (κ2) is 14.9. The van der Waals surface area contributed by atoms with Crippen molar-refractivity contribution in [3.8, 4) is 5.75 Å². The predicted octanol–water partition coefficient (Wildman–Crippen LogP) is 5.30. The lowest BCUT2D eigenvalue weighted by Gasteiger charge is -2.27. The number of pyridine rings is 2. The van der Waals surface area contributed by atoms with E-state index in [2.05, 4.69) is 16.4 Å². The Labute approximate surface area is 275 Å². The van der Waals surface area contributed by atoms with Crippen molar-refractivity contribution < 1.29 is 18.7 Å². The molecule has 0 saturated carbocycles. The molecule has 4 aromatic rings. The summed E-state index contributed by atoms with van der Waals surface area (Å²) >= 11 is 0. The number of rotatable bonds is 11. The highest BCUT2D eigenvalue weighted by atomic mass is 35.5. The molecule has 0 fully saturated rings. The molecule has 10 nitrogen and oxygen atoms in total. The highest BCUT2D eigenvalue weighted by molar-refractivity contribution is 6.20. The number of furan rings is 1. The van der Waals surface area contributed by atoms with Gasteiger partial charge in [0.25, 0.3) is 5.56 Å². The first-order valence-electron chi connectivity index (χ1n) is 14.7. The minimum atomic E-state index is -1.14. The average molecular weight is 659 g/mol. The number of nitrogens with one attached hydrogen (secondary N) is 1. The van der Waals surface area contributed by atoms with Gasteiger partial charge in [0.05, 0.1) is 29.6 Å². The van der Waals surface area contributed by atoms with Crippen molar-refractivity contribution in [3.05, 3.63) is 82.2 Å². The number of nitrogens with zero attached hydrogens (tertiary/aromatic N) is 4. The van der Waals surface area contributed by atoms with Gasteiger partial charge in [-0.3, -0.25) is 19.4 Å². The fraction of sp³-hybridized carbons (Fsp3) is 0.394. The molecule has 1 aliphatic rings. The van der Waals surface area contributed by atoms with Crippen LogP contribution in [0.4, 0.5) is 11.4 Å². The molecule has 0 unspecified atom stereocenters. The number of aromatic nitrogens is 2. The van der Waals surface area contributed by atoms with Crippen LogP contribution in [0, 0.1) is 12.3 Å². The van der Waals surface area contributed by atoms with Crippen molar-refractivity contribution in [2.24, 2.45) is 5.41 Å².